The van der Waals surface area contributed by atoms with Gasteiger partial charge in [0.05, 0.1) is 21.8 Å². The lowest BCUT2D eigenvalue weighted by Crippen LogP contribution is -2.41. The second kappa shape index (κ2) is 5.80. The van der Waals surface area contributed by atoms with Gasteiger partial charge in [0.1, 0.15) is 0 Å². The third-order valence-electron chi connectivity index (χ3n) is 5.14. The minimum atomic E-state index is -0.484. The molecule has 0 aromatic heterocycles. The van der Waals surface area contributed by atoms with Gasteiger partial charge in [-0.25, -0.2) is 0 Å². The van der Waals surface area contributed by atoms with Gasteiger partial charge < -0.3 is 14.2 Å². The van der Waals surface area contributed by atoms with Gasteiger partial charge in [0.25, 0.3) is 5.91 Å². The van der Waals surface area contributed by atoms with Crippen LogP contribution in [0.15, 0.2) is 18.2 Å². The van der Waals surface area contributed by atoms with Gasteiger partial charge in [0.2, 0.25) is 0 Å². The molecule has 2 fully saturated rings. The fraction of sp³-hybridized carbons (Fsp3) is 0.588. The fourth-order valence-corrected chi connectivity index (χ4v) is 3.12. The number of hydrogen-bond acceptors (Lipinski definition) is 3. The van der Waals surface area contributed by atoms with Crippen LogP contribution < -0.4 is 5.46 Å². The largest absolute Gasteiger partial charge is 0.494 e. The molecule has 3 rings (SSSR count). The topological polar surface area (TPSA) is 38.8 Å². The first-order valence-corrected chi connectivity index (χ1v) is 8.53. The van der Waals surface area contributed by atoms with Gasteiger partial charge in [-0.1, -0.05) is 17.7 Å². The van der Waals surface area contributed by atoms with E-state index in [9.17, 15) is 4.79 Å². The summed E-state index contributed by atoms with van der Waals surface area (Å²) in [7, 11) is -0.484. The Bertz CT molecular complexity index is 610. The van der Waals surface area contributed by atoms with Gasteiger partial charge in [0.15, 0.2) is 0 Å². The normalized spacial score (nSPS) is 22.7. The zero-order valence-electron chi connectivity index (χ0n) is 14.2. The number of benzene rings is 1. The first-order valence-electron chi connectivity index (χ1n) is 8.16. The Morgan fingerprint density at radius 3 is 2.26 bits per heavy atom. The molecular formula is C17H23BClNO3. The maximum atomic E-state index is 12.6. The van der Waals surface area contributed by atoms with Crippen LogP contribution in [0, 0.1) is 0 Å². The molecule has 2 aliphatic heterocycles. The molecule has 0 aliphatic carbocycles. The van der Waals surface area contributed by atoms with Gasteiger partial charge in [-0.2, -0.15) is 0 Å². The summed E-state index contributed by atoms with van der Waals surface area (Å²) in [6.07, 6.45) is 2.11. The minimum Gasteiger partial charge on any atom is -0.399 e. The Hall–Kier alpha value is -1.04. The molecule has 23 heavy (non-hydrogen) atoms. The molecule has 6 heteroatoms. The van der Waals surface area contributed by atoms with Crippen molar-refractivity contribution < 1.29 is 14.1 Å². The van der Waals surface area contributed by atoms with Crippen LogP contribution in [0.4, 0.5) is 0 Å². The van der Waals surface area contributed by atoms with Crippen molar-refractivity contribution in [3.8, 4) is 0 Å². The predicted molar refractivity (Wildman–Crippen MR) is 92.3 cm³/mol. The first kappa shape index (κ1) is 16.8. The molecule has 0 N–H and O–H groups in total. The van der Waals surface area contributed by atoms with Crippen molar-refractivity contribution in [3.05, 3.63) is 28.8 Å². The van der Waals surface area contributed by atoms with Crippen LogP contribution in [-0.2, 0) is 9.31 Å². The second-order valence-corrected chi connectivity index (χ2v) is 7.73. The molecule has 2 heterocycles. The average molecular weight is 336 g/mol. The van der Waals surface area contributed by atoms with E-state index in [1.54, 1.807) is 6.07 Å². The van der Waals surface area contributed by atoms with Crippen molar-refractivity contribution in [2.45, 2.75) is 51.7 Å². The summed E-state index contributed by atoms with van der Waals surface area (Å²) >= 11 is 6.26. The van der Waals surface area contributed by atoms with Gasteiger partial charge >= 0.3 is 7.12 Å². The Morgan fingerprint density at radius 2 is 1.70 bits per heavy atom. The van der Waals surface area contributed by atoms with Gasteiger partial charge in [0, 0.05) is 13.1 Å². The number of halogens is 1. The zero-order valence-corrected chi connectivity index (χ0v) is 14.9. The molecule has 2 aliphatic rings. The lowest BCUT2D eigenvalue weighted by Gasteiger charge is -2.32. The van der Waals surface area contributed by atoms with Crippen LogP contribution >= 0.6 is 11.6 Å². The van der Waals surface area contributed by atoms with E-state index in [1.807, 2.05) is 44.7 Å². The summed E-state index contributed by atoms with van der Waals surface area (Å²) < 4.78 is 12.1. The third-order valence-corrected chi connectivity index (χ3v) is 5.47. The molecule has 2 saturated heterocycles. The van der Waals surface area contributed by atoms with Crippen LogP contribution in [0.5, 0.6) is 0 Å². The number of nitrogens with zero attached hydrogens (tertiary/aromatic N) is 1. The molecular weight excluding hydrogens is 312 g/mol. The molecule has 0 unspecified atom stereocenters. The fourth-order valence-electron chi connectivity index (χ4n) is 2.92. The number of hydrogen-bond donors (Lipinski definition) is 0. The van der Waals surface area contributed by atoms with E-state index in [4.69, 9.17) is 20.9 Å². The van der Waals surface area contributed by atoms with Crippen LogP contribution in [0.1, 0.15) is 50.9 Å². The number of likely N-dealkylation sites (tertiary alicyclic amines) is 1. The van der Waals surface area contributed by atoms with E-state index in [2.05, 4.69) is 0 Å². The Balaban J connectivity index is 1.88. The van der Waals surface area contributed by atoms with Crippen molar-refractivity contribution in [1.82, 2.24) is 4.90 Å². The molecule has 124 valence electrons. The van der Waals surface area contributed by atoms with E-state index in [-0.39, 0.29) is 5.91 Å². The van der Waals surface area contributed by atoms with Crippen LogP contribution in [0.25, 0.3) is 0 Å². The quantitative estimate of drug-likeness (QED) is 0.780. The molecule has 1 amide bonds. The highest BCUT2D eigenvalue weighted by Gasteiger charge is 2.51. The standard InChI is InChI=1S/C17H23BClNO3/c1-16(2)17(3,4)23-18(22-16)12-7-8-14(19)13(11-12)15(21)20-9-5-6-10-20/h7-8,11H,5-6,9-10H2,1-4H3. The Morgan fingerprint density at radius 1 is 1.13 bits per heavy atom. The molecule has 0 bridgehead atoms. The molecule has 0 atom stereocenters. The maximum absolute atomic E-state index is 12.6. The number of carbonyl (C=O) groups is 1. The lowest BCUT2D eigenvalue weighted by molar-refractivity contribution is 0.00578. The number of carbonyl (C=O) groups excluding carboxylic acids is 1. The van der Waals surface area contributed by atoms with Crippen LogP contribution in [0.3, 0.4) is 0 Å². The third kappa shape index (κ3) is 3.02. The van der Waals surface area contributed by atoms with Crippen molar-refractivity contribution in [2.24, 2.45) is 0 Å². The van der Waals surface area contributed by atoms with Crippen LogP contribution in [0.2, 0.25) is 5.02 Å². The molecule has 1 aromatic carbocycles. The van der Waals surface area contributed by atoms with E-state index in [1.165, 1.54) is 0 Å². The highest BCUT2D eigenvalue weighted by molar-refractivity contribution is 6.62. The van der Waals surface area contributed by atoms with Gasteiger partial charge in [-0.15, -0.1) is 0 Å². The molecule has 0 spiro atoms. The van der Waals surface area contributed by atoms with E-state index in [0.717, 1.165) is 31.4 Å². The molecule has 0 radical (unpaired) electrons. The van der Waals surface area contributed by atoms with Crippen molar-refractivity contribution in [1.29, 1.82) is 0 Å². The summed E-state index contributed by atoms with van der Waals surface area (Å²) in [6, 6.07) is 5.43. The lowest BCUT2D eigenvalue weighted by atomic mass is 9.78. The highest BCUT2D eigenvalue weighted by atomic mass is 35.5. The zero-order chi connectivity index (χ0) is 16.8. The second-order valence-electron chi connectivity index (χ2n) is 7.33. The van der Waals surface area contributed by atoms with Gasteiger partial charge in [-0.05, 0) is 58.1 Å². The molecule has 1 aromatic rings. The van der Waals surface area contributed by atoms with E-state index in [0.29, 0.717) is 10.6 Å². The number of amides is 1. The van der Waals surface area contributed by atoms with Gasteiger partial charge in [-0.3, -0.25) is 4.79 Å². The Labute approximate surface area is 143 Å². The maximum Gasteiger partial charge on any atom is 0.494 e. The van der Waals surface area contributed by atoms with Crippen molar-refractivity contribution in [2.75, 3.05) is 13.1 Å². The summed E-state index contributed by atoms with van der Waals surface area (Å²) in [4.78, 5) is 14.5. The Kier molecular flexibility index (Phi) is 4.24. The van der Waals surface area contributed by atoms with E-state index < -0.39 is 18.3 Å². The molecule has 4 nitrogen and oxygen atoms in total. The van der Waals surface area contributed by atoms with Crippen LogP contribution in [-0.4, -0.2) is 42.2 Å². The smallest absolute Gasteiger partial charge is 0.399 e. The summed E-state index contributed by atoms with van der Waals surface area (Å²) in [5.74, 6) is -0.00846. The highest BCUT2D eigenvalue weighted by Crippen LogP contribution is 2.36. The number of rotatable bonds is 2. The van der Waals surface area contributed by atoms with Crippen molar-refractivity contribution in [3.63, 3.8) is 0 Å². The predicted octanol–water partition coefficient (Wildman–Crippen LogP) is 2.88. The van der Waals surface area contributed by atoms with E-state index >= 15 is 0 Å². The monoisotopic (exact) mass is 335 g/mol. The average Bonchev–Trinajstić information content (AvgIpc) is 3.06. The van der Waals surface area contributed by atoms with Crippen molar-refractivity contribution >= 4 is 30.1 Å². The first-order chi connectivity index (χ1) is 10.7. The summed E-state index contributed by atoms with van der Waals surface area (Å²) in [5, 5.41) is 0.474. The molecule has 0 saturated carbocycles. The minimum absolute atomic E-state index is 0.00846. The summed E-state index contributed by atoms with van der Waals surface area (Å²) in [6.45, 7) is 9.66. The SMILES string of the molecule is CC1(C)OB(c2ccc(Cl)c(C(=O)N3CCCC3)c2)OC1(C)C. The summed E-state index contributed by atoms with van der Waals surface area (Å²) in [5.41, 5.74) is 0.545.